The minimum Gasteiger partial charge on any atom is -0.444 e. The van der Waals surface area contributed by atoms with E-state index in [1.165, 1.54) is 0 Å². The molecular formula is C14H16BrN3O2. The van der Waals surface area contributed by atoms with Gasteiger partial charge in [0.2, 0.25) is 0 Å². The van der Waals surface area contributed by atoms with E-state index in [9.17, 15) is 4.79 Å². The molecule has 0 radical (unpaired) electrons. The van der Waals surface area contributed by atoms with Gasteiger partial charge in [-0.15, -0.1) is 0 Å². The summed E-state index contributed by atoms with van der Waals surface area (Å²) in [6, 6.07) is 5.83. The predicted molar refractivity (Wildman–Crippen MR) is 76.7 cm³/mol. The highest BCUT2D eigenvalue weighted by atomic mass is 79.9. The smallest absolute Gasteiger partial charge is 0.408 e. The number of amides is 1. The van der Waals surface area contributed by atoms with E-state index in [1.54, 1.807) is 33.0 Å². The maximum absolute atomic E-state index is 11.9. The summed E-state index contributed by atoms with van der Waals surface area (Å²) in [5.41, 5.74) is -0.620. The Balaban J connectivity index is 2.18. The molecule has 1 aromatic rings. The van der Waals surface area contributed by atoms with Crippen LogP contribution in [0.1, 0.15) is 32.9 Å². The number of rotatable bonds is 2. The molecule has 1 aliphatic carbocycles. The Bertz CT molecular complexity index is 559. The number of nitrogens with zero attached hydrogens (tertiary/aromatic N) is 2. The van der Waals surface area contributed by atoms with Crippen molar-refractivity contribution >= 4 is 22.0 Å². The van der Waals surface area contributed by atoms with E-state index in [0.717, 1.165) is 4.47 Å². The molecule has 0 aromatic carbocycles. The first-order valence-corrected chi connectivity index (χ1v) is 7.09. The number of nitriles is 1. The van der Waals surface area contributed by atoms with E-state index in [2.05, 4.69) is 32.3 Å². The fourth-order valence-corrected chi connectivity index (χ4v) is 2.26. The van der Waals surface area contributed by atoms with E-state index in [0.29, 0.717) is 12.1 Å². The molecule has 5 nitrogen and oxygen atoms in total. The molecule has 1 aromatic heterocycles. The summed E-state index contributed by atoms with van der Waals surface area (Å²) in [5, 5.41) is 11.9. The third-order valence-electron chi connectivity index (χ3n) is 3.03. The number of nitrogens with one attached hydrogen (secondary N) is 1. The lowest BCUT2D eigenvalue weighted by Gasteiger charge is -2.23. The van der Waals surface area contributed by atoms with E-state index in [-0.39, 0.29) is 5.92 Å². The van der Waals surface area contributed by atoms with Gasteiger partial charge in [0, 0.05) is 10.7 Å². The zero-order valence-corrected chi connectivity index (χ0v) is 13.2. The standard InChI is InChI=1S/C14H16BrN3O2/c1-13(2,3)20-12(19)18-14(6-9(14)7-16)11-5-4-10(15)8-17-11/h4-5,8-9H,6H2,1-3H3,(H,18,19). The van der Waals surface area contributed by atoms with Gasteiger partial charge < -0.3 is 10.1 Å². The Hall–Kier alpha value is -1.61. The highest BCUT2D eigenvalue weighted by molar-refractivity contribution is 9.10. The number of hydrogen-bond donors (Lipinski definition) is 1. The average molecular weight is 338 g/mol. The summed E-state index contributed by atoms with van der Waals surface area (Å²) in [6.45, 7) is 5.39. The fraction of sp³-hybridized carbons (Fsp3) is 0.500. The molecule has 1 fully saturated rings. The number of carbonyl (C=O) groups excluding carboxylic acids is 1. The van der Waals surface area contributed by atoms with Gasteiger partial charge in [-0.2, -0.15) is 5.26 Å². The molecule has 1 saturated carbocycles. The van der Waals surface area contributed by atoms with Crippen molar-refractivity contribution in [3.63, 3.8) is 0 Å². The molecule has 0 saturated heterocycles. The third-order valence-corrected chi connectivity index (χ3v) is 3.49. The Morgan fingerprint density at radius 3 is 2.75 bits per heavy atom. The largest absolute Gasteiger partial charge is 0.444 e. The Morgan fingerprint density at radius 1 is 1.60 bits per heavy atom. The molecule has 6 heteroatoms. The second kappa shape index (κ2) is 5.06. The molecule has 0 bridgehead atoms. The zero-order chi connectivity index (χ0) is 15.0. The lowest BCUT2D eigenvalue weighted by Crippen LogP contribution is -2.40. The molecule has 0 aliphatic heterocycles. The van der Waals surface area contributed by atoms with Crippen molar-refractivity contribution in [2.75, 3.05) is 0 Å². The number of halogens is 1. The number of alkyl carbamates (subject to hydrolysis) is 1. The van der Waals surface area contributed by atoms with Crippen molar-refractivity contribution in [3.05, 3.63) is 28.5 Å². The molecule has 106 valence electrons. The topological polar surface area (TPSA) is 75.0 Å². The molecule has 1 heterocycles. The van der Waals surface area contributed by atoms with Crippen LogP contribution in [0.3, 0.4) is 0 Å². The second-order valence-electron chi connectivity index (χ2n) is 5.85. The van der Waals surface area contributed by atoms with Gasteiger partial charge in [0.15, 0.2) is 0 Å². The van der Waals surface area contributed by atoms with Crippen LogP contribution in [0.5, 0.6) is 0 Å². The number of ether oxygens (including phenoxy) is 1. The summed E-state index contributed by atoms with van der Waals surface area (Å²) < 4.78 is 6.10. The summed E-state index contributed by atoms with van der Waals surface area (Å²) in [7, 11) is 0. The molecule has 0 spiro atoms. The monoisotopic (exact) mass is 337 g/mol. The van der Waals surface area contributed by atoms with E-state index in [4.69, 9.17) is 10.00 Å². The summed E-state index contributed by atoms with van der Waals surface area (Å²) in [5.74, 6) is -0.274. The van der Waals surface area contributed by atoms with Gasteiger partial charge in [0.1, 0.15) is 11.1 Å². The van der Waals surface area contributed by atoms with Crippen LogP contribution in [0.4, 0.5) is 4.79 Å². The van der Waals surface area contributed by atoms with Crippen LogP contribution in [0.15, 0.2) is 22.8 Å². The molecular weight excluding hydrogens is 322 g/mol. The van der Waals surface area contributed by atoms with Crippen LogP contribution >= 0.6 is 15.9 Å². The summed E-state index contributed by atoms with van der Waals surface area (Å²) in [4.78, 5) is 16.2. The van der Waals surface area contributed by atoms with Crippen LogP contribution in [0.2, 0.25) is 0 Å². The summed E-state index contributed by atoms with van der Waals surface area (Å²) in [6.07, 6.45) is 1.68. The summed E-state index contributed by atoms with van der Waals surface area (Å²) >= 11 is 3.32. The van der Waals surface area contributed by atoms with Crippen LogP contribution in [0, 0.1) is 17.2 Å². The lowest BCUT2D eigenvalue weighted by molar-refractivity contribution is 0.0490. The normalized spacial score (nSPS) is 24.6. The lowest BCUT2D eigenvalue weighted by atomic mass is 10.1. The van der Waals surface area contributed by atoms with E-state index in [1.807, 2.05) is 6.07 Å². The zero-order valence-electron chi connectivity index (χ0n) is 11.6. The number of pyridine rings is 1. The molecule has 2 atom stereocenters. The molecule has 20 heavy (non-hydrogen) atoms. The van der Waals surface area contributed by atoms with Crippen LogP contribution < -0.4 is 5.32 Å². The van der Waals surface area contributed by atoms with Gasteiger partial charge in [-0.1, -0.05) is 0 Å². The second-order valence-corrected chi connectivity index (χ2v) is 6.76. The molecule has 2 rings (SSSR count). The highest BCUT2D eigenvalue weighted by Gasteiger charge is 2.59. The SMILES string of the molecule is CC(C)(C)OC(=O)NC1(c2ccc(Br)cn2)CC1C#N. The van der Waals surface area contributed by atoms with Gasteiger partial charge in [0.25, 0.3) is 0 Å². The minimum absolute atomic E-state index is 0.274. The number of carbonyl (C=O) groups is 1. The Morgan fingerprint density at radius 2 is 2.30 bits per heavy atom. The van der Waals surface area contributed by atoms with E-state index >= 15 is 0 Å². The predicted octanol–water partition coefficient (Wildman–Crippen LogP) is 3.11. The van der Waals surface area contributed by atoms with Crippen LogP contribution in [-0.4, -0.2) is 16.7 Å². The highest BCUT2D eigenvalue weighted by Crippen LogP contribution is 2.51. The average Bonchev–Trinajstić information content (AvgIpc) is 3.01. The molecule has 1 N–H and O–H groups in total. The first-order valence-electron chi connectivity index (χ1n) is 6.30. The first-order chi connectivity index (χ1) is 9.27. The van der Waals surface area contributed by atoms with Crippen molar-refractivity contribution in [2.45, 2.75) is 38.3 Å². The first kappa shape index (κ1) is 14.8. The van der Waals surface area contributed by atoms with Crippen molar-refractivity contribution in [2.24, 2.45) is 5.92 Å². The van der Waals surface area contributed by atoms with Crippen molar-refractivity contribution in [3.8, 4) is 6.07 Å². The van der Waals surface area contributed by atoms with Crippen molar-refractivity contribution in [1.82, 2.24) is 10.3 Å². The Labute approximate surface area is 126 Å². The van der Waals surface area contributed by atoms with Gasteiger partial charge in [0.05, 0.1) is 17.7 Å². The van der Waals surface area contributed by atoms with Gasteiger partial charge in [-0.05, 0) is 55.3 Å². The Kier molecular flexibility index (Phi) is 3.74. The van der Waals surface area contributed by atoms with Gasteiger partial charge in [-0.25, -0.2) is 4.79 Å². The van der Waals surface area contributed by atoms with Crippen LogP contribution in [0.25, 0.3) is 0 Å². The van der Waals surface area contributed by atoms with E-state index < -0.39 is 17.2 Å². The van der Waals surface area contributed by atoms with Crippen molar-refractivity contribution in [1.29, 1.82) is 5.26 Å². The number of hydrogen-bond acceptors (Lipinski definition) is 4. The molecule has 1 aliphatic rings. The number of aromatic nitrogens is 1. The van der Waals surface area contributed by atoms with Crippen molar-refractivity contribution < 1.29 is 9.53 Å². The quantitative estimate of drug-likeness (QED) is 0.899. The minimum atomic E-state index is -0.724. The maximum Gasteiger partial charge on any atom is 0.408 e. The third kappa shape index (κ3) is 3.10. The van der Waals surface area contributed by atoms with Gasteiger partial charge >= 0.3 is 6.09 Å². The fourth-order valence-electron chi connectivity index (χ4n) is 2.03. The maximum atomic E-state index is 11.9. The molecule has 1 amide bonds. The van der Waals surface area contributed by atoms with Crippen LogP contribution in [-0.2, 0) is 10.3 Å². The van der Waals surface area contributed by atoms with Gasteiger partial charge in [-0.3, -0.25) is 4.98 Å². The molecule has 2 unspecified atom stereocenters.